The molecule has 0 unspecified atom stereocenters. The standard InChI is InChI=1S/C8H9ClOSe/c1-10-7-4-2-3-5-8(7)11-6-9/h2-5H,6H2,1H3. The molecule has 0 N–H and O–H groups in total. The van der Waals surface area contributed by atoms with E-state index in [-0.39, 0.29) is 0 Å². The Morgan fingerprint density at radius 2 is 2.18 bits per heavy atom. The van der Waals surface area contributed by atoms with Crippen LogP contribution >= 0.6 is 11.6 Å². The average molecular weight is 236 g/mol. The molecule has 0 aliphatic heterocycles. The second kappa shape index (κ2) is 4.66. The third kappa shape index (κ3) is 2.40. The molecule has 0 radical (unpaired) electrons. The molecule has 0 saturated carbocycles. The van der Waals surface area contributed by atoms with Gasteiger partial charge in [0.05, 0.1) is 0 Å². The van der Waals surface area contributed by atoms with Crippen molar-refractivity contribution >= 4 is 31.0 Å². The summed E-state index contributed by atoms with van der Waals surface area (Å²) < 4.78 is 7.09. The molecule has 60 valence electrons. The van der Waals surface area contributed by atoms with E-state index in [1.807, 2.05) is 18.2 Å². The summed E-state index contributed by atoms with van der Waals surface area (Å²) in [5.41, 5.74) is 0. The van der Waals surface area contributed by atoms with Crippen LogP contribution in [0, 0.1) is 0 Å². The summed E-state index contributed by atoms with van der Waals surface area (Å²) in [6.07, 6.45) is 0. The molecule has 0 aliphatic carbocycles. The van der Waals surface area contributed by atoms with Crippen LogP contribution in [-0.2, 0) is 0 Å². The summed E-state index contributed by atoms with van der Waals surface area (Å²) in [5, 5.41) is 0. The minimum absolute atomic E-state index is 0.341. The third-order valence-electron chi connectivity index (χ3n) is 1.28. The normalized spacial score (nSPS) is 9.64. The van der Waals surface area contributed by atoms with Crippen LogP contribution in [-0.4, -0.2) is 26.8 Å². The second-order valence-corrected chi connectivity index (χ2v) is 5.02. The van der Waals surface area contributed by atoms with Gasteiger partial charge in [0.25, 0.3) is 0 Å². The van der Waals surface area contributed by atoms with Crippen LogP contribution in [0.5, 0.6) is 5.75 Å². The molecule has 0 spiro atoms. The van der Waals surface area contributed by atoms with Crippen molar-refractivity contribution in [1.82, 2.24) is 0 Å². The molecule has 0 amide bonds. The van der Waals surface area contributed by atoms with E-state index in [4.69, 9.17) is 16.3 Å². The van der Waals surface area contributed by atoms with E-state index in [9.17, 15) is 0 Å². The maximum atomic E-state index is 5.64. The first-order chi connectivity index (χ1) is 5.38. The number of rotatable bonds is 3. The molecule has 0 bridgehead atoms. The van der Waals surface area contributed by atoms with E-state index in [0.29, 0.717) is 19.7 Å². The van der Waals surface area contributed by atoms with Crippen molar-refractivity contribution < 1.29 is 4.74 Å². The Kier molecular flexibility index (Phi) is 3.78. The first-order valence-corrected chi connectivity index (χ1v) is 5.80. The fourth-order valence-electron chi connectivity index (χ4n) is 0.797. The van der Waals surface area contributed by atoms with Gasteiger partial charge in [-0.05, 0) is 0 Å². The monoisotopic (exact) mass is 236 g/mol. The van der Waals surface area contributed by atoms with Crippen LogP contribution in [0.1, 0.15) is 0 Å². The van der Waals surface area contributed by atoms with Crippen molar-refractivity contribution in [1.29, 1.82) is 0 Å². The Bertz CT molecular complexity index is 227. The third-order valence-corrected chi connectivity index (χ3v) is 3.44. The maximum absolute atomic E-state index is 5.64. The first-order valence-electron chi connectivity index (χ1n) is 3.20. The van der Waals surface area contributed by atoms with Gasteiger partial charge in [-0.2, -0.15) is 0 Å². The van der Waals surface area contributed by atoms with E-state index in [0.717, 1.165) is 5.75 Å². The van der Waals surface area contributed by atoms with Gasteiger partial charge in [-0.15, -0.1) is 0 Å². The average Bonchev–Trinajstić information content (AvgIpc) is 2.06. The summed E-state index contributed by atoms with van der Waals surface area (Å²) in [6.45, 7) is 0. The SMILES string of the molecule is COc1ccccc1[Se]CCl. The van der Waals surface area contributed by atoms with Gasteiger partial charge in [0.1, 0.15) is 0 Å². The number of hydrogen-bond donors (Lipinski definition) is 0. The van der Waals surface area contributed by atoms with Gasteiger partial charge in [0.15, 0.2) is 0 Å². The number of ether oxygens (including phenoxy) is 1. The molecule has 11 heavy (non-hydrogen) atoms. The van der Waals surface area contributed by atoms with E-state index in [1.165, 1.54) is 4.46 Å². The molecular weight excluding hydrogens is 226 g/mol. The molecule has 1 rings (SSSR count). The predicted octanol–water partition coefficient (Wildman–Crippen LogP) is 1.22. The van der Waals surface area contributed by atoms with Crippen LogP contribution in [0.4, 0.5) is 0 Å². The zero-order valence-corrected chi connectivity index (χ0v) is 8.68. The summed E-state index contributed by atoms with van der Waals surface area (Å²) in [6, 6.07) is 7.99. The molecule has 3 heteroatoms. The van der Waals surface area contributed by atoms with Crippen molar-refractivity contribution in [2.24, 2.45) is 0 Å². The number of para-hydroxylation sites is 1. The number of hydrogen-bond acceptors (Lipinski definition) is 1. The van der Waals surface area contributed by atoms with E-state index >= 15 is 0 Å². The van der Waals surface area contributed by atoms with Gasteiger partial charge >= 0.3 is 77.7 Å². The van der Waals surface area contributed by atoms with Crippen LogP contribution in [0.3, 0.4) is 0 Å². The summed E-state index contributed by atoms with van der Waals surface area (Å²) >= 11 is 5.98. The number of halogens is 1. The molecule has 1 aromatic rings. The van der Waals surface area contributed by atoms with Crippen LogP contribution in [0.2, 0.25) is 0 Å². The minimum atomic E-state index is 0.341. The van der Waals surface area contributed by atoms with Gasteiger partial charge < -0.3 is 0 Å². The zero-order valence-electron chi connectivity index (χ0n) is 6.21. The molecule has 1 nitrogen and oxygen atoms in total. The number of methoxy groups -OCH3 is 1. The van der Waals surface area contributed by atoms with Crippen molar-refractivity contribution in [3.8, 4) is 5.75 Å². The quantitative estimate of drug-likeness (QED) is 0.566. The van der Waals surface area contributed by atoms with Crippen molar-refractivity contribution in [3.63, 3.8) is 0 Å². The van der Waals surface area contributed by atoms with Crippen LogP contribution in [0.15, 0.2) is 24.3 Å². The molecule has 0 fully saturated rings. The van der Waals surface area contributed by atoms with E-state index < -0.39 is 0 Å². The van der Waals surface area contributed by atoms with Crippen LogP contribution in [0.25, 0.3) is 0 Å². The molecule has 0 atom stereocenters. The molecule has 1 aromatic carbocycles. The van der Waals surface area contributed by atoms with Gasteiger partial charge in [-0.1, -0.05) is 0 Å². The number of benzene rings is 1. The Balaban J connectivity index is 2.83. The predicted molar refractivity (Wildman–Crippen MR) is 49.1 cm³/mol. The van der Waals surface area contributed by atoms with Gasteiger partial charge in [-0.25, -0.2) is 0 Å². The Morgan fingerprint density at radius 1 is 1.45 bits per heavy atom. The summed E-state index contributed by atoms with van der Waals surface area (Å²) in [4.78, 5) is 0. The Labute approximate surface area is 77.9 Å². The topological polar surface area (TPSA) is 9.23 Å². The van der Waals surface area contributed by atoms with Crippen molar-refractivity contribution in [2.45, 2.75) is 0 Å². The molecular formula is C8H9ClOSe. The van der Waals surface area contributed by atoms with Crippen molar-refractivity contribution in [2.75, 3.05) is 11.9 Å². The number of alkyl halides is 1. The fourth-order valence-corrected chi connectivity index (χ4v) is 2.64. The Morgan fingerprint density at radius 3 is 2.82 bits per heavy atom. The van der Waals surface area contributed by atoms with E-state index in [2.05, 4.69) is 6.07 Å². The summed E-state index contributed by atoms with van der Waals surface area (Å²) in [5.74, 6) is 0.952. The van der Waals surface area contributed by atoms with Gasteiger partial charge in [0, 0.05) is 0 Å². The van der Waals surface area contributed by atoms with Crippen molar-refractivity contribution in [3.05, 3.63) is 24.3 Å². The van der Waals surface area contributed by atoms with E-state index in [1.54, 1.807) is 7.11 Å². The zero-order chi connectivity index (χ0) is 8.10. The molecule has 0 saturated heterocycles. The Hall–Kier alpha value is -0.171. The van der Waals surface area contributed by atoms with Gasteiger partial charge in [0.2, 0.25) is 0 Å². The van der Waals surface area contributed by atoms with Gasteiger partial charge in [-0.3, -0.25) is 0 Å². The molecule has 0 aromatic heterocycles. The summed E-state index contributed by atoms with van der Waals surface area (Å²) in [7, 11) is 1.68. The fraction of sp³-hybridized carbons (Fsp3) is 0.250. The van der Waals surface area contributed by atoms with Crippen LogP contribution < -0.4 is 9.20 Å². The molecule has 0 heterocycles. The molecule has 0 aliphatic rings. The second-order valence-electron chi connectivity index (χ2n) is 1.90. The first kappa shape index (κ1) is 8.92.